The second-order valence-corrected chi connectivity index (χ2v) is 9.42. The molecule has 2 N–H and O–H groups in total. The number of amides is 2. The normalized spacial score (nSPS) is 13.4. The van der Waals surface area contributed by atoms with Gasteiger partial charge < -0.3 is 24.6 Å². The molecular formula is C30H23FN4O5. The van der Waals surface area contributed by atoms with Crippen molar-refractivity contribution in [2.75, 3.05) is 17.7 Å². The van der Waals surface area contributed by atoms with Gasteiger partial charge in [0.25, 0.3) is 0 Å². The van der Waals surface area contributed by atoms with Crippen LogP contribution in [0, 0.1) is 11.2 Å². The number of anilines is 2. The van der Waals surface area contributed by atoms with Crippen LogP contribution in [-0.2, 0) is 9.59 Å². The van der Waals surface area contributed by atoms with Crippen molar-refractivity contribution in [2.24, 2.45) is 5.41 Å². The van der Waals surface area contributed by atoms with Crippen LogP contribution < -0.4 is 20.1 Å². The van der Waals surface area contributed by atoms with E-state index in [1.807, 2.05) is 12.1 Å². The highest BCUT2D eigenvalue weighted by molar-refractivity contribution is 6.16. The van der Waals surface area contributed by atoms with E-state index in [0.29, 0.717) is 47.0 Å². The number of halogens is 1. The molecule has 200 valence electrons. The van der Waals surface area contributed by atoms with Crippen molar-refractivity contribution < 1.29 is 28.0 Å². The Balaban J connectivity index is 1.17. The maximum atomic E-state index is 13.2. The molecular weight excluding hydrogens is 515 g/mol. The average molecular weight is 539 g/mol. The summed E-state index contributed by atoms with van der Waals surface area (Å²) in [7, 11) is 1.59. The van der Waals surface area contributed by atoms with Gasteiger partial charge in [-0.05, 0) is 73.5 Å². The molecule has 0 atom stereocenters. The molecule has 5 aromatic rings. The molecule has 1 aliphatic rings. The summed E-state index contributed by atoms with van der Waals surface area (Å²) in [6.07, 6.45) is 5.65. The number of rotatable bonds is 8. The third-order valence-corrected chi connectivity index (χ3v) is 6.83. The first-order chi connectivity index (χ1) is 19.4. The number of nitrogens with one attached hydrogen (secondary N) is 2. The van der Waals surface area contributed by atoms with Gasteiger partial charge in [0.2, 0.25) is 11.8 Å². The minimum absolute atomic E-state index is 0.392. The Morgan fingerprint density at radius 2 is 1.60 bits per heavy atom. The molecule has 6 rings (SSSR count). The standard InChI is InChI=1S/C30H23FN4O5/c1-38-27-15-25-24(14-23(27)18-16-33-39-17-18)26(10-13-32-25)40-22-8-6-21(7-9-22)35-29(37)30(11-12-30)28(36)34-20-4-2-19(31)3-5-20/h2-10,13-17H,11-12H2,1H3,(H,34,36)(H,35,37). The zero-order valence-electron chi connectivity index (χ0n) is 21.3. The molecule has 0 bridgehead atoms. The van der Waals surface area contributed by atoms with Crippen LogP contribution >= 0.6 is 0 Å². The fraction of sp³-hybridized carbons (Fsp3) is 0.133. The Morgan fingerprint density at radius 1 is 0.925 bits per heavy atom. The van der Waals surface area contributed by atoms with Crippen molar-refractivity contribution in [1.29, 1.82) is 0 Å². The predicted molar refractivity (Wildman–Crippen MR) is 146 cm³/mol. The molecule has 0 saturated heterocycles. The van der Waals surface area contributed by atoms with Gasteiger partial charge in [-0.15, -0.1) is 0 Å². The smallest absolute Gasteiger partial charge is 0.240 e. The van der Waals surface area contributed by atoms with E-state index in [4.69, 9.17) is 14.0 Å². The largest absolute Gasteiger partial charge is 0.496 e. The van der Waals surface area contributed by atoms with Gasteiger partial charge in [-0.25, -0.2) is 4.39 Å². The zero-order chi connectivity index (χ0) is 27.7. The number of pyridine rings is 1. The molecule has 40 heavy (non-hydrogen) atoms. The van der Waals surface area contributed by atoms with Crippen LogP contribution in [0.3, 0.4) is 0 Å². The molecule has 2 amide bonds. The van der Waals surface area contributed by atoms with Crippen LogP contribution in [0.5, 0.6) is 17.2 Å². The van der Waals surface area contributed by atoms with Gasteiger partial charge in [0.15, 0.2) is 0 Å². The van der Waals surface area contributed by atoms with Crippen molar-refractivity contribution in [3.05, 3.63) is 91.2 Å². The van der Waals surface area contributed by atoms with Gasteiger partial charge >= 0.3 is 0 Å². The lowest BCUT2D eigenvalue weighted by molar-refractivity contribution is -0.131. The molecule has 10 heteroatoms. The summed E-state index contributed by atoms with van der Waals surface area (Å²) in [5.74, 6) is 0.539. The molecule has 2 heterocycles. The SMILES string of the molecule is COc1cc2nccc(Oc3ccc(NC(=O)C4(C(=O)Nc5ccc(F)cc5)CC4)cc3)c2cc1-c1cnoc1. The van der Waals surface area contributed by atoms with Gasteiger partial charge in [-0.1, -0.05) is 5.16 Å². The van der Waals surface area contributed by atoms with Crippen LogP contribution in [0.1, 0.15) is 12.8 Å². The number of hydrogen-bond acceptors (Lipinski definition) is 7. The molecule has 0 aliphatic heterocycles. The summed E-state index contributed by atoms with van der Waals surface area (Å²) in [5, 5.41) is 10.1. The van der Waals surface area contributed by atoms with Crippen molar-refractivity contribution in [3.63, 3.8) is 0 Å². The van der Waals surface area contributed by atoms with Gasteiger partial charge in [-0.3, -0.25) is 14.6 Å². The van der Waals surface area contributed by atoms with E-state index in [0.717, 1.165) is 16.5 Å². The van der Waals surface area contributed by atoms with Gasteiger partial charge in [0.1, 0.15) is 34.7 Å². The van der Waals surface area contributed by atoms with Crippen molar-refractivity contribution in [3.8, 4) is 28.4 Å². The number of nitrogens with zero attached hydrogens (tertiary/aromatic N) is 2. The Morgan fingerprint density at radius 3 is 2.20 bits per heavy atom. The zero-order valence-corrected chi connectivity index (χ0v) is 21.3. The van der Waals surface area contributed by atoms with Crippen LogP contribution in [0.4, 0.5) is 15.8 Å². The minimum Gasteiger partial charge on any atom is -0.496 e. The second-order valence-electron chi connectivity index (χ2n) is 9.42. The van der Waals surface area contributed by atoms with Gasteiger partial charge in [0.05, 0.1) is 18.8 Å². The molecule has 1 saturated carbocycles. The van der Waals surface area contributed by atoms with Crippen LogP contribution in [-0.4, -0.2) is 29.1 Å². The highest BCUT2D eigenvalue weighted by Crippen LogP contribution is 2.47. The van der Waals surface area contributed by atoms with E-state index in [1.165, 1.54) is 30.5 Å². The topological polar surface area (TPSA) is 116 Å². The number of ether oxygens (including phenoxy) is 2. The molecule has 1 aliphatic carbocycles. The maximum Gasteiger partial charge on any atom is 0.240 e. The van der Waals surface area contributed by atoms with E-state index in [2.05, 4.69) is 20.8 Å². The molecule has 0 spiro atoms. The molecule has 9 nitrogen and oxygen atoms in total. The number of carbonyl (C=O) groups is 2. The number of hydrogen-bond donors (Lipinski definition) is 2. The lowest BCUT2D eigenvalue weighted by Crippen LogP contribution is -2.35. The molecule has 1 fully saturated rings. The Bertz CT molecular complexity index is 1700. The van der Waals surface area contributed by atoms with Crippen molar-refractivity contribution >= 4 is 34.1 Å². The monoisotopic (exact) mass is 538 g/mol. The Hall–Kier alpha value is -5.25. The Kier molecular flexibility index (Phi) is 6.35. The highest BCUT2D eigenvalue weighted by Gasteiger charge is 2.56. The predicted octanol–water partition coefficient (Wildman–Crippen LogP) is 6.19. The van der Waals surface area contributed by atoms with E-state index in [9.17, 15) is 14.0 Å². The van der Waals surface area contributed by atoms with Gasteiger partial charge in [0, 0.05) is 40.2 Å². The van der Waals surface area contributed by atoms with Crippen molar-refractivity contribution in [2.45, 2.75) is 12.8 Å². The number of aromatic nitrogens is 2. The summed E-state index contributed by atoms with van der Waals surface area (Å²) in [6, 6.07) is 17.8. The first kappa shape index (κ1) is 25.1. The van der Waals surface area contributed by atoms with Crippen LogP contribution in [0.25, 0.3) is 22.0 Å². The third-order valence-electron chi connectivity index (χ3n) is 6.83. The fourth-order valence-corrected chi connectivity index (χ4v) is 4.42. The second kappa shape index (κ2) is 10.1. The van der Waals surface area contributed by atoms with Gasteiger partial charge in [-0.2, -0.15) is 0 Å². The summed E-state index contributed by atoms with van der Waals surface area (Å²) in [5.41, 5.74) is 2.04. The maximum absolute atomic E-state index is 13.2. The fourth-order valence-electron chi connectivity index (χ4n) is 4.42. The van der Waals surface area contributed by atoms with Crippen molar-refractivity contribution in [1.82, 2.24) is 10.1 Å². The minimum atomic E-state index is -1.15. The van der Waals surface area contributed by atoms with E-state index in [-0.39, 0.29) is 0 Å². The number of fused-ring (bicyclic) bond motifs is 1. The van der Waals surface area contributed by atoms with E-state index >= 15 is 0 Å². The quantitative estimate of drug-likeness (QED) is 0.226. The first-order valence-corrected chi connectivity index (χ1v) is 12.5. The lowest BCUT2D eigenvalue weighted by atomic mass is 10.0. The first-order valence-electron chi connectivity index (χ1n) is 12.5. The van der Waals surface area contributed by atoms with Crippen LogP contribution in [0.2, 0.25) is 0 Å². The molecule has 0 unspecified atom stereocenters. The number of methoxy groups -OCH3 is 1. The number of carbonyl (C=O) groups excluding carboxylic acids is 2. The summed E-state index contributed by atoms with van der Waals surface area (Å²) in [6.45, 7) is 0. The van der Waals surface area contributed by atoms with E-state index in [1.54, 1.807) is 49.8 Å². The third kappa shape index (κ3) is 4.82. The summed E-state index contributed by atoms with van der Waals surface area (Å²) in [4.78, 5) is 30.2. The number of benzene rings is 3. The molecule has 2 aromatic heterocycles. The summed E-state index contributed by atoms with van der Waals surface area (Å²) < 4.78 is 29.9. The van der Waals surface area contributed by atoms with Crippen LogP contribution in [0.15, 0.2) is 89.9 Å². The average Bonchev–Trinajstić information content (AvgIpc) is 3.62. The molecule has 3 aromatic carbocycles. The highest BCUT2D eigenvalue weighted by atomic mass is 19.1. The lowest BCUT2D eigenvalue weighted by Gasteiger charge is -2.16. The summed E-state index contributed by atoms with van der Waals surface area (Å²) >= 11 is 0. The van der Waals surface area contributed by atoms with E-state index < -0.39 is 23.0 Å². The Labute approximate surface area is 227 Å². The molecule has 0 radical (unpaired) electrons.